The zero-order chi connectivity index (χ0) is 16.4. The fraction of sp³-hybridized carbons (Fsp3) is 0.500. The Kier molecular flexibility index (Phi) is 4.46. The van der Waals surface area contributed by atoms with Crippen molar-refractivity contribution >= 4 is 16.8 Å². The molecular formula is C18H23N3O2. The van der Waals surface area contributed by atoms with Gasteiger partial charge in [-0.05, 0) is 37.8 Å². The highest BCUT2D eigenvalue weighted by atomic mass is 16.2. The van der Waals surface area contributed by atoms with Gasteiger partial charge in [-0.3, -0.25) is 14.2 Å². The van der Waals surface area contributed by atoms with Crippen molar-refractivity contribution in [1.29, 1.82) is 0 Å². The van der Waals surface area contributed by atoms with Crippen LogP contribution in [0.3, 0.4) is 0 Å². The van der Waals surface area contributed by atoms with E-state index in [1.807, 2.05) is 25.1 Å². The van der Waals surface area contributed by atoms with Crippen LogP contribution in [0.25, 0.3) is 10.9 Å². The molecule has 1 aromatic carbocycles. The topological polar surface area (TPSA) is 64.0 Å². The number of aryl methyl sites for hydroxylation is 1. The first-order valence-electron chi connectivity index (χ1n) is 8.30. The number of nitrogens with one attached hydrogen (secondary N) is 1. The molecule has 3 rings (SSSR count). The largest absolute Gasteiger partial charge is 0.352 e. The lowest BCUT2D eigenvalue weighted by atomic mass is 9.86. The molecular weight excluding hydrogens is 290 g/mol. The molecule has 1 aliphatic carbocycles. The average Bonchev–Trinajstić information content (AvgIpc) is 2.53. The van der Waals surface area contributed by atoms with Gasteiger partial charge in [0.15, 0.2) is 0 Å². The van der Waals surface area contributed by atoms with Gasteiger partial charge in [0, 0.05) is 6.04 Å². The molecule has 5 nitrogen and oxygen atoms in total. The first-order chi connectivity index (χ1) is 11.0. The molecule has 1 aromatic heterocycles. The zero-order valence-electron chi connectivity index (χ0n) is 13.7. The summed E-state index contributed by atoms with van der Waals surface area (Å²) in [5.41, 5.74) is 1.51. The molecule has 122 valence electrons. The van der Waals surface area contributed by atoms with E-state index in [1.165, 1.54) is 17.3 Å². The second-order valence-corrected chi connectivity index (χ2v) is 6.63. The van der Waals surface area contributed by atoms with Gasteiger partial charge in [-0.1, -0.05) is 31.4 Å². The maximum absolute atomic E-state index is 12.5. The van der Waals surface area contributed by atoms with E-state index in [0.29, 0.717) is 16.8 Å². The summed E-state index contributed by atoms with van der Waals surface area (Å²) in [6.45, 7) is 4.14. The quantitative estimate of drug-likeness (QED) is 0.946. The van der Waals surface area contributed by atoms with Crippen molar-refractivity contribution in [2.45, 2.75) is 52.1 Å². The lowest BCUT2D eigenvalue weighted by Crippen LogP contribution is -2.43. The van der Waals surface area contributed by atoms with E-state index in [4.69, 9.17) is 0 Å². The number of aromatic nitrogens is 2. The van der Waals surface area contributed by atoms with E-state index < -0.39 is 0 Å². The fourth-order valence-corrected chi connectivity index (χ4v) is 3.32. The fourth-order valence-electron chi connectivity index (χ4n) is 3.32. The van der Waals surface area contributed by atoms with Gasteiger partial charge in [0.1, 0.15) is 6.54 Å². The van der Waals surface area contributed by atoms with Gasteiger partial charge in [0.2, 0.25) is 5.91 Å². The van der Waals surface area contributed by atoms with E-state index in [2.05, 4.69) is 17.2 Å². The maximum Gasteiger partial charge on any atom is 0.261 e. The number of benzene rings is 1. The Morgan fingerprint density at radius 2 is 2.13 bits per heavy atom. The number of rotatable bonds is 3. The third-order valence-electron chi connectivity index (χ3n) is 4.75. The number of hydrogen-bond donors (Lipinski definition) is 1. The van der Waals surface area contributed by atoms with Gasteiger partial charge in [0.05, 0.1) is 17.2 Å². The third kappa shape index (κ3) is 3.44. The van der Waals surface area contributed by atoms with Crippen molar-refractivity contribution in [3.05, 3.63) is 40.4 Å². The molecule has 1 fully saturated rings. The van der Waals surface area contributed by atoms with Crippen LogP contribution >= 0.6 is 0 Å². The SMILES string of the molecule is Cc1ccc2ncn(CC(=O)N[C@@H]3CCCC[C@H]3C)c(=O)c2c1. The van der Waals surface area contributed by atoms with Crippen molar-refractivity contribution in [3.63, 3.8) is 0 Å². The Hall–Kier alpha value is -2.17. The molecule has 2 aromatic rings. The number of nitrogens with zero attached hydrogens (tertiary/aromatic N) is 2. The molecule has 2 atom stereocenters. The molecule has 1 saturated carbocycles. The Labute approximate surface area is 135 Å². The summed E-state index contributed by atoms with van der Waals surface area (Å²) in [6.07, 6.45) is 6.04. The van der Waals surface area contributed by atoms with Crippen LogP contribution in [0.2, 0.25) is 0 Å². The Bertz CT molecular complexity index is 781. The predicted molar refractivity (Wildman–Crippen MR) is 90.3 cm³/mol. The highest BCUT2D eigenvalue weighted by molar-refractivity contribution is 5.79. The standard InChI is InChI=1S/C18H23N3O2/c1-12-7-8-16-14(9-12)18(23)21(11-19-16)10-17(22)20-15-6-4-3-5-13(15)2/h7-9,11,13,15H,3-6,10H2,1-2H3,(H,20,22)/t13-,15-/m1/s1. The van der Waals surface area contributed by atoms with E-state index in [9.17, 15) is 9.59 Å². The van der Waals surface area contributed by atoms with Gasteiger partial charge >= 0.3 is 0 Å². The molecule has 0 bridgehead atoms. The number of carbonyl (C=O) groups is 1. The summed E-state index contributed by atoms with van der Waals surface area (Å²) in [4.78, 5) is 29.1. The smallest absolute Gasteiger partial charge is 0.261 e. The predicted octanol–water partition coefficient (Wildman–Crippen LogP) is 2.40. The van der Waals surface area contributed by atoms with Crippen LogP contribution in [0.1, 0.15) is 38.2 Å². The Morgan fingerprint density at radius 1 is 1.35 bits per heavy atom. The van der Waals surface area contributed by atoms with E-state index in [-0.39, 0.29) is 24.1 Å². The zero-order valence-corrected chi connectivity index (χ0v) is 13.7. The molecule has 0 unspecified atom stereocenters. The van der Waals surface area contributed by atoms with Crippen LogP contribution in [0.5, 0.6) is 0 Å². The van der Waals surface area contributed by atoms with Crippen LogP contribution in [-0.2, 0) is 11.3 Å². The minimum absolute atomic E-state index is 0.0267. The van der Waals surface area contributed by atoms with Crippen molar-refractivity contribution in [2.75, 3.05) is 0 Å². The summed E-state index contributed by atoms with van der Waals surface area (Å²) in [7, 11) is 0. The lowest BCUT2D eigenvalue weighted by Gasteiger charge is -2.29. The molecule has 0 radical (unpaired) electrons. The van der Waals surface area contributed by atoms with Gasteiger partial charge in [0.25, 0.3) is 5.56 Å². The summed E-state index contributed by atoms with van der Waals surface area (Å²) in [5, 5.41) is 3.64. The highest BCUT2D eigenvalue weighted by Crippen LogP contribution is 2.23. The van der Waals surface area contributed by atoms with Gasteiger partial charge < -0.3 is 5.32 Å². The van der Waals surface area contributed by atoms with Crippen molar-refractivity contribution in [1.82, 2.24) is 14.9 Å². The average molecular weight is 313 g/mol. The first kappa shape index (κ1) is 15.7. The van der Waals surface area contributed by atoms with E-state index >= 15 is 0 Å². The molecule has 5 heteroatoms. The second kappa shape index (κ2) is 6.52. The van der Waals surface area contributed by atoms with Crippen molar-refractivity contribution < 1.29 is 4.79 Å². The normalized spacial score (nSPS) is 21.3. The van der Waals surface area contributed by atoms with Crippen LogP contribution in [0.4, 0.5) is 0 Å². The molecule has 0 spiro atoms. The van der Waals surface area contributed by atoms with Crippen LogP contribution in [0.15, 0.2) is 29.3 Å². The number of hydrogen-bond acceptors (Lipinski definition) is 3. The van der Waals surface area contributed by atoms with Crippen LogP contribution in [0, 0.1) is 12.8 Å². The summed E-state index contributed by atoms with van der Waals surface area (Å²) in [6, 6.07) is 5.81. The van der Waals surface area contributed by atoms with Gasteiger partial charge in [-0.25, -0.2) is 4.98 Å². The molecule has 1 heterocycles. The number of carbonyl (C=O) groups excluding carboxylic acids is 1. The monoisotopic (exact) mass is 313 g/mol. The summed E-state index contributed by atoms with van der Waals surface area (Å²) in [5.74, 6) is 0.390. The summed E-state index contributed by atoms with van der Waals surface area (Å²) >= 11 is 0. The van der Waals surface area contributed by atoms with Crippen molar-refractivity contribution in [3.8, 4) is 0 Å². The Balaban J connectivity index is 1.77. The van der Waals surface area contributed by atoms with Crippen LogP contribution < -0.4 is 10.9 Å². The van der Waals surface area contributed by atoms with Gasteiger partial charge in [-0.15, -0.1) is 0 Å². The van der Waals surface area contributed by atoms with E-state index in [0.717, 1.165) is 24.8 Å². The van der Waals surface area contributed by atoms with Crippen molar-refractivity contribution in [2.24, 2.45) is 5.92 Å². The molecule has 1 aliphatic rings. The Morgan fingerprint density at radius 3 is 2.91 bits per heavy atom. The number of fused-ring (bicyclic) bond motifs is 1. The molecule has 1 amide bonds. The lowest BCUT2D eigenvalue weighted by molar-refractivity contribution is -0.123. The van der Waals surface area contributed by atoms with E-state index in [1.54, 1.807) is 0 Å². The highest BCUT2D eigenvalue weighted by Gasteiger charge is 2.22. The van der Waals surface area contributed by atoms with Gasteiger partial charge in [-0.2, -0.15) is 0 Å². The maximum atomic E-state index is 12.5. The first-order valence-corrected chi connectivity index (χ1v) is 8.30. The number of amides is 1. The summed E-state index contributed by atoms with van der Waals surface area (Å²) < 4.78 is 1.39. The minimum atomic E-state index is -0.162. The molecule has 0 aliphatic heterocycles. The molecule has 23 heavy (non-hydrogen) atoms. The third-order valence-corrected chi connectivity index (χ3v) is 4.75. The van der Waals surface area contributed by atoms with Crippen LogP contribution in [-0.4, -0.2) is 21.5 Å². The minimum Gasteiger partial charge on any atom is -0.352 e. The molecule has 0 saturated heterocycles. The second-order valence-electron chi connectivity index (χ2n) is 6.63. The molecule has 1 N–H and O–H groups in total.